The molecule has 2 nitrogen and oxygen atoms in total. The van der Waals surface area contributed by atoms with Gasteiger partial charge in [0.25, 0.3) is 0 Å². The van der Waals surface area contributed by atoms with E-state index in [1.54, 1.807) is 18.2 Å². The SMILES string of the molecule is Cc1ccc(C(=O)/C=C/c2csc(-c3ccc(F)cc3)n2)s1. The van der Waals surface area contributed by atoms with Gasteiger partial charge in [-0.2, -0.15) is 0 Å². The first kappa shape index (κ1) is 14.8. The van der Waals surface area contributed by atoms with Crippen LogP contribution in [0.3, 0.4) is 0 Å². The lowest BCUT2D eigenvalue weighted by molar-refractivity contribution is 0.105. The van der Waals surface area contributed by atoms with E-state index in [0.717, 1.165) is 26.0 Å². The number of benzene rings is 1. The Hall–Kier alpha value is -2.11. The monoisotopic (exact) mass is 329 g/mol. The molecule has 1 aromatic carbocycles. The zero-order valence-electron chi connectivity index (χ0n) is 11.7. The van der Waals surface area contributed by atoms with Gasteiger partial charge < -0.3 is 0 Å². The van der Waals surface area contributed by atoms with Crippen molar-refractivity contribution in [3.63, 3.8) is 0 Å². The summed E-state index contributed by atoms with van der Waals surface area (Å²) in [6, 6.07) is 9.98. The number of thiophene rings is 1. The number of halogens is 1. The van der Waals surface area contributed by atoms with Crippen molar-refractivity contribution in [3.8, 4) is 10.6 Å². The number of carbonyl (C=O) groups is 1. The fourth-order valence-corrected chi connectivity index (χ4v) is 3.48. The van der Waals surface area contributed by atoms with Gasteiger partial charge in [0.2, 0.25) is 0 Å². The second-order valence-corrected chi connectivity index (χ2v) is 6.84. The molecule has 0 aliphatic carbocycles. The van der Waals surface area contributed by atoms with Gasteiger partial charge in [-0.05, 0) is 55.5 Å². The van der Waals surface area contributed by atoms with Crippen molar-refractivity contribution in [1.82, 2.24) is 4.98 Å². The highest BCUT2D eigenvalue weighted by Gasteiger charge is 2.06. The molecule has 0 aliphatic rings. The van der Waals surface area contributed by atoms with E-state index in [2.05, 4.69) is 4.98 Å². The minimum Gasteiger partial charge on any atom is -0.288 e. The van der Waals surface area contributed by atoms with Crippen molar-refractivity contribution in [2.24, 2.45) is 0 Å². The van der Waals surface area contributed by atoms with E-state index in [4.69, 9.17) is 0 Å². The largest absolute Gasteiger partial charge is 0.288 e. The Kier molecular flexibility index (Phi) is 4.27. The quantitative estimate of drug-likeness (QED) is 0.485. The van der Waals surface area contributed by atoms with Crippen LogP contribution >= 0.6 is 22.7 Å². The lowest BCUT2D eigenvalue weighted by Gasteiger charge is -1.94. The number of hydrogen-bond acceptors (Lipinski definition) is 4. The van der Waals surface area contributed by atoms with E-state index in [9.17, 15) is 9.18 Å². The van der Waals surface area contributed by atoms with Crippen molar-refractivity contribution >= 4 is 34.5 Å². The Bertz CT molecular complexity index is 830. The molecule has 2 aromatic heterocycles. The molecule has 0 amide bonds. The average Bonchev–Trinajstić information content (AvgIpc) is 3.15. The van der Waals surface area contributed by atoms with Gasteiger partial charge in [-0.25, -0.2) is 9.37 Å². The standard InChI is InChI=1S/C17H12FNOS2/c1-11-2-9-16(22-11)15(20)8-7-14-10-21-17(19-14)12-3-5-13(18)6-4-12/h2-10H,1H3/b8-7+. The molecule has 0 aliphatic heterocycles. The molecule has 5 heteroatoms. The molecular weight excluding hydrogens is 317 g/mol. The lowest BCUT2D eigenvalue weighted by Crippen LogP contribution is -1.88. The van der Waals surface area contributed by atoms with Crippen LogP contribution in [0.15, 0.2) is 47.9 Å². The maximum atomic E-state index is 12.9. The van der Waals surface area contributed by atoms with Gasteiger partial charge >= 0.3 is 0 Å². The molecule has 110 valence electrons. The molecule has 0 fully saturated rings. The second-order valence-electron chi connectivity index (χ2n) is 4.69. The maximum Gasteiger partial charge on any atom is 0.195 e. The fourth-order valence-electron chi connectivity index (χ4n) is 1.90. The molecule has 0 bridgehead atoms. The van der Waals surface area contributed by atoms with Crippen LogP contribution in [0.1, 0.15) is 20.2 Å². The van der Waals surface area contributed by atoms with Crippen LogP contribution in [0.4, 0.5) is 4.39 Å². The van der Waals surface area contributed by atoms with Crippen LogP contribution in [0, 0.1) is 12.7 Å². The van der Waals surface area contributed by atoms with Crippen molar-refractivity contribution in [2.75, 3.05) is 0 Å². The number of carbonyl (C=O) groups excluding carboxylic acids is 1. The zero-order valence-corrected chi connectivity index (χ0v) is 13.4. The predicted molar refractivity (Wildman–Crippen MR) is 89.9 cm³/mol. The van der Waals surface area contributed by atoms with Crippen molar-refractivity contribution < 1.29 is 9.18 Å². The van der Waals surface area contributed by atoms with E-state index in [1.165, 1.54) is 40.9 Å². The first-order chi connectivity index (χ1) is 10.6. The number of nitrogens with zero attached hydrogens (tertiary/aromatic N) is 1. The summed E-state index contributed by atoms with van der Waals surface area (Å²) in [6.07, 6.45) is 3.25. The van der Waals surface area contributed by atoms with Gasteiger partial charge in [-0.3, -0.25) is 4.79 Å². The molecule has 2 heterocycles. The highest BCUT2D eigenvalue weighted by atomic mass is 32.1. The van der Waals surface area contributed by atoms with Gasteiger partial charge in [0.1, 0.15) is 10.8 Å². The third-order valence-electron chi connectivity index (χ3n) is 3.00. The Labute approximate surface area is 135 Å². The fraction of sp³-hybridized carbons (Fsp3) is 0.0588. The van der Waals surface area contributed by atoms with Gasteiger partial charge in [-0.1, -0.05) is 0 Å². The van der Waals surface area contributed by atoms with E-state index >= 15 is 0 Å². The number of hydrogen-bond donors (Lipinski definition) is 0. The molecule has 3 aromatic rings. The Morgan fingerprint density at radius 1 is 1.18 bits per heavy atom. The summed E-state index contributed by atoms with van der Waals surface area (Å²) in [6.45, 7) is 1.97. The molecule has 22 heavy (non-hydrogen) atoms. The first-order valence-electron chi connectivity index (χ1n) is 6.62. The summed E-state index contributed by atoms with van der Waals surface area (Å²) < 4.78 is 12.9. The summed E-state index contributed by atoms with van der Waals surface area (Å²) in [5.74, 6) is -0.285. The topological polar surface area (TPSA) is 30.0 Å². The summed E-state index contributed by atoms with van der Waals surface area (Å²) in [5.41, 5.74) is 1.59. The van der Waals surface area contributed by atoms with E-state index in [-0.39, 0.29) is 11.6 Å². The van der Waals surface area contributed by atoms with Gasteiger partial charge in [0.15, 0.2) is 5.78 Å². The van der Waals surface area contributed by atoms with Crippen molar-refractivity contribution in [3.05, 3.63) is 69.1 Å². The number of aromatic nitrogens is 1. The first-order valence-corrected chi connectivity index (χ1v) is 8.32. The molecule has 0 saturated heterocycles. The van der Waals surface area contributed by atoms with Crippen LogP contribution < -0.4 is 0 Å². The summed E-state index contributed by atoms with van der Waals surface area (Å²) in [5, 5.41) is 2.68. The summed E-state index contributed by atoms with van der Waals surface area (Å²) in [7, 11) is 0. The normalized spacial score (nSPS) is 11.2. The molecule has 0 N–H and O–H groups in total. The number of allylic oxidation sites excluding steroid dienone is 1. The number of rotatable bonds is 4. The highest BCUT2D eigenvalue weighted by Crippen LogP contribution is 2.24. The third kappa shape index (κ3) is 3.37. The summed E-state index contributed by atoms with van der Waals surface area (Å²) in [4.78, 5) is 18.3. The maximum absolute atomic E-state index is 12.9. The van der Waals surface area contributed by atoms with Crippen molar-refractivity contribution in [2.45, 2.75) is 6.92 Å². The van der Waals surface area contributed by atoms with Gasteiger partial charge in [-0.15, -0.1) is 22.7 Å². The van der Waals surface area contributed by atoms with Gasteiger partial charge in [0, 0.05) is 15.8 Å². The minimum absolute atomic E-state index is 0.0190. The van der Waals surface area contributed by atoms with E-state index in [0.29, 0.717) is 0 Å². The lowest BCUT2D eigenvalue weighted by atomic mass is 10.2. The van der Waals surface area contributed by atoms with Crippen LogP contribution in [-0.4, -0.2) is 10.8 Å². The number of aryl methyl sites for hydroxylation is 1. The molecule has 0 saturated carbocycles. The average molecular weight is 329 g/mol. The van der Waals surface area contributed by atoms with Crippen LogP contribution in [0.5, 0.6) is 0 Å². The Morgan fingerprint density at radius 3 is 2.64 bits per heavy atom. The van der Waals surface area contributed by atoms with Crippen LogP contribution in [-0.2, 0) is 0 Å². The number of thiazole rings is 1. The third-order valence-corrected chi connectivity index (χ3v) is 4.93. The molecule has 0 atom stereocenters. The van der Waals surface area contributed by atoms with Gasteiger partial charge in [0.05, 0.1) is 10.6 Å². The zero-order chi connectivity index (χ0) is 15.5. The Morgan fingerprint density at radius 2 is 1.95 bits per heavy atom. The van der Waals surface area contributed by atoms with Crippen LogP contribution in [0.2, 0.25) is 0 Å². The van der Waals surface area contributed by atoms with E-state index < -0.39 is 0 Å². The highest BCUT2D eigenvalue weighted by molar-refractivity contribution is 7.14. The molecule has 0 spiro atoms. The smallest absolute Gasteiger partial charge is 0.195 e. The molecule has 0 radical (unpaired) electrons. The number of ketones is 1. The van der Waals surface area contributed by atoms with E-state index in [1.807, 2.05) is 24.4 Å². The second kappa shape index (κ2) is 6.34. The minimum atomic E-state index is -0.266. The van der Waals surface area contributed by atoms with Crippen LogP contribution in [0.25, 0.3) is 16.6 Å². The molecular formula is C17H12FNOS2. The van der Waals surface area contributed by atoms with Crippen molar-refractivity contribution in [1.29, 1.82) is 0 Å². The predicted octanol–water partition coefficient (Wildman–Crippen LogP) is 5.22. The summed E-state index contributed by atoms with van der Waals surface area (Å²) >= 11 is 2.95. The molecule has 0 unspecified atom stereocenters. The Balaban J connectivity index is 1.75. The molecule has 3 rings (SSSR count).